The van der Waals surface area contributed by atoms with Crippen molar-refractivity contribution < 1.29 is 9.53 Å². The maximum absolute atomic E-state index is 12.9. The second-order valence-corrected chi connectivity index (χ2v) is 10.3. The van der Waals surface area contributed by atoms with E-state index in [0.29, 0.717) is 17.3 Å². The number of morpholine rings is 1. The Bertz CT molecular complexity index is 983. The van der Waals surface area contributed by atoms with E-state index in [1.54, 1.807) is 6.20 Å². The van der Waals surface area contributed by atoms with Gasteiger partial charge in [-0.05, 0) is 48.9 Å². The van der Waals surface area contributed by atoms with Gasteiger partial charge in [-0.2, -0.15) is 0 Å². The summed E-state index contributed by atoms with van der Waals surface area (Å²) in [6.45, 7) is 8.41. The molecule has 1 aromatic heterocycles. The summed E-state index contributed by atoms with van der Waals surface area (Å²) in [6, 6.07) is 10.9. The largest absolute Gasteiger partial charge is 0.383 e. The highest BCUT2D eigenvalue weighted by atomic mass is 16.5. The van der Waals surface area contributed by atoms with E-state index in [0.717, 1.165) is 76.5 Å². The highest BCUT2D eigenvalue weighted by molar-refractivity contribution is 5.99. The Morgan fingerprint density at radius 3 is 2.49 bits per heavy atom. The number of likely N-dealkylation sites (tertiary alicyclic amines) is 1. The SMILES string of the molecule is Nc1ncc(-c2ccc(C3CCN(CCN4CCOCC4)C3)cc2)cc1C(=O)NC1CCCCC1. The number of hydrogen-bond donors (Lipinski definition) is 2. The number of carbonyl (C=O) groups is 1. The lowest BCUT2D eigenvalue weighted by molar-refractivity contribution is 0.0343. The van der Waals surface area contributed by atoms with Gasteiger partial charge in [0.05, 0.1) is 18.8 Å². The van der Waals surface area contributed by atoms with Crippen LogP contribution in [-0.4, -0.2) is 79.2 Å². The van der Waals surface area contributed by atoms with Crippen molar-refractivity contribution >= 4 is 11.7 Å². The van der Waals surface area contributed by atoms with Crippen molar-refractivity contribution in [1.82, 2.24) is 20.1 Å². The highest BCUT2D eigenvalue weighted by Crippen LogP contribution is 2.30. The molecule has 7 heteroatoms. The molecule has 1 unspecified atom stereocenters. The molecule has 0 radical (unpaired) electrons. The van der Waals surface area contributed by atoms with Gasteiger partial charge in [-0.25, -0.2) is 4.98 Å². The first-order chi connectivity index (χ1) is 17.2. The van der Waals surface area contributed by atoms with Gasteiger partial charge in [0.15, 0.2) is 0 Å². The maximum Gasteiger partial charge on any atom is 0.255 e. The number of ether oxygens (including phenoxy) is 1. The Morgan fingerprint density at radius 1 is 0.971 bits per heavy atom. The molecule has 1 aromatic carbocycles. The van der Waals surface area contributed by atoms with Gasteiger partial charge in [0.25, 0.3) is 5.91 Å². The summed E-state index contributed by atoms with van der Waals surface area (Å²) in [4.78, 5) is 22.3. The maximum atomic E-state index is 12.9. The molecule has 2 aromatic rings. The average Bonchev–Trinajstić information content (AvgIpc) is 3.38. The molecule has 0 spiro atoms. The second kappa shape index (κ2) is 11.5. The summed E-state index contributed by atoms with van der Waals surface area (Å²) in [5.41, 5.74) is 9.94. The number of aromatic nitrogens is 1. The number of amides is 1. The van der Waals surface area contributed by atoms with Crippen LogP contribution in [0.2, 0.25) is 0 Å². The van der Waals surface area contributed by atoms with Crippen molar-refractivity contribution in [3.8, 4) is 11.1 Å². The number of hydrogen-bond acceptors (Lipinski definition) is 6. The minimum Gasteiger partial charge on any atom is -0.383 e. The Morgan fingerprint density at radius 2 is 1.71 bits per heavy atom. The summed E-state index contributed by atoms with van der Waals surface area (Å²) in [6.07, 6.45) is 8.68. The molecule has 188 valence electrons. The van der Waals surface area contributed by atoms with E-state index in [1.165, 1.54) is 31.2 Å². The summed E-state index contributed by atoms with van der Waals surface area (Å²) in [5, 5.41) is 3.16. The monoisotopic (exact) mass is 477 g/mol. The lowest BCUT2D eigenvalue weighted by Gasteiger charge is -2.28. The average molecular weight is 478 g/mol. The standard InChI is InChI=1S/C28H39N5O2/c29-27-26(28(34)31-25-4-2-1-3-5-25)18-24(19-30-27)22-8-6-21(7-9-22)23-10-11-33(20-23)13-12-32-14-16-35-17-15-32/h6-9,18-19,23,25H,1-5,10-17,20H2,(H2,29,30)(H,31,34). The first-order valence-electron chi connectivity index (χ1n) is 13.3. The topological polar surface area (TPSA) is 83.7 Å². The Hall–Kier alpha value is -2.48. The Kier molecular flexibility index (Phi) is 7.96. The highest BCUT2D eigenvalue weighted by Gasteiger charge is 2.24. The summed E-state index contributed by atoms with van der Waals surface area (Å²) in [5.74, 6) is 0.764. The molecule has 1 aliphatic carbocycles. The molecular formula is C28H39N5O2. The van der Waals surface area contributed by atoms with Crippen LogP contribution in [0.4, 0.5) is 5.82 Å². The molecule has 35 heavy (non-hydrogen) atoms. The molecule has 3 fully saturated rings. The van der Waals surface area contributed by atoms with Crippen LogP contribution in [0.15, 0.2) is 36.5 Å². The summed E-state index contributed by atoms with van der Waals surface area (Å²) < 4.78 is 5.46. The van der Waals surface area contributed by atoms with Crippen molar-refractivity contribution in [2.75, 3.05) is 58.2 Å². The number of nitrogen functional groups attached to an aromatic ring is 1. The van der Waals surface area contributed by atoms with E-state index in [4.69, 9.17) is 10.5 Å². The molecule has 5 rings (SSSR count). The normalized spacial score (nSPS) is 22.3. The first-order valence-corrected chi connectivity index (χ1v) is 13.3. The zero-order valence-electron chi connectivity index (χ0n) is 20.8. The fourth-order valence-electron chi connectivity index (χ4n) is 5.69. The van der Waals surface area contributed by atoms with Crippen LogP contribution in [0.3, 0.4) is 0 Å². The number of rotatable bonds is 7. The van der Waals surface area contributed by atoms with Gasteiger partial charge in [-0.3, -0.25) is 9.69 Å². The number of nitrogens with two attached hydrogens (primary N) is 1. The zero-order valence-corrected chi connectivity index (χ0v) is 20.8. The van der Waals surface area contributed by atoms with Crippen LogP contribution in [0.5, 0.6) is 0 Å². The van der Waals surface area contributed by atoms with Crippen molar-refractivity contribution in [1.29, 1.82) is 0 Å². The molecule has 1 amide bonds. The predicted molar refractivity (Wildman–Crippen MR) is 139 cm³/mol. The van der Waals surface area contributed by atoms with Crippen LogP contribution < -0.4 is 11.1 Å². The number of nitrogens with zero attached hydrogens (tertiary/aromatic N) is 3. The number of carbonyl (C=O) groups excluding carboxylic acids is 1. The fraction of sp³-hybridized carbons (Fsp3) is 0.571. The lowest BCUT2D eigenvalue weighted by Crippen LogP contribution is -2.41. The van der Waals surface area contributed by atoms with Crippen LogP contribution in [-0.2, 0) is 4.74 Å². The third-order valence-corrected chi connectivity index (χ3v) is 7.93. The van der Waals surface area contributed by atoms with Crippen LogP contribution >= 0.6 is 0 Å². The molecule has 2 aliphatic heterocycles. The van der Waals surface area contributed by atoms with E-state index in [2.05, 4.69) is 44.4 Å². The molecule has 7 nitrogen and oxygen atoms in total. The van der Waals surface area contributed by atoms with Gasteiger partial charge in [0.2, 0.25) is 0 Å². The lowest BCUT2D eigenvalue weighted by atomic mass is 9.95. The third kappa shape index (κ3) is 6.21. The third-order valence-electron chi connectivity index (χ3n) is 7.93. The van der Waals surface area contributed by atoms with E-state index in [-0.39, 0.29) is 11.9 Å². The van der Waals surface area contributed by atoms with Gasteiger partial charge in [0.1, 0.15) is 5.82 Å². The predicted octanol–water partition coefficient (Wildman–Crippen LogP) is 3.51. The number of pyridine rings is 1. The van der Waals surface area contributed by atoms with Crippen LogP contribution in [0, 0.1) is 0 Å². The van der Waals surface area contributed by atoms with Gasteiger partial charge < -0.3 is 20.7 Å². The number of anilines is 1. The van der Waals surface area contributed by atoms with Crippen molar-refractivity contribution in [2.24, 2.45) is 0 Å². The van der Waals surface area contributed by atoms with E-state index in [1.807, 2.05) is 6.07 Å². The van der Waals surface area contributed by atoms with Gasteiger partial charge >= 0.3 is 0 Å². The summed E-state index contributed by atoms with van der Waals surface area (Å²) in [7, 11) is 0. The van der Waals surface area contributed by atoms with Crippen LogP contribution in [0.25, 0.3) is 11.1 Å². The van der Waals surface area contributed by atoms with Gasteiger partial charge in [0, 0.05) is 50.5 Å². The molecule has 1 saturated carbocycles. The van der Waals surface area contributed by atoms with Crippen molar-refractivity contribution in [3.05, 3.63) is 47.7 Å². The summed E-state index contributed by atoms with van der Waals surface area (Å²) >= 11 is 0. The van der Waals surface area contributed by atoms with Gasteiger partial charge in [-0.15, -0.1) is 0 Å². The van der Waals surface area contributed by atoms with Crippen LogP contribution in [0.1, 0.15) is 60.4 Å². The molecule has 1 atom stereocenters. The molecule has 3 aliphatic rings. The van der Waals surface area contributed by atoms with Crippen molar-refractivity contribution in [2.45, 2.75) is 50.5 Å². The minimum atomic E-state index is -0.108. The number of benzene rings is 1. The smallest absolute Gasteiger partial charge is 0.255 e. The number of nitrogens with one attached hydrogen (secondary N) is 1. The molecule has 0 bridgehead atoms. The van der Waals surface area contributed by atoms with Gasteiger partial charge in [-0.1, -0.05) is 43.5 Å². The minimum absolute atomic E-state index is 0.108. The van der Waals surface area contributed by atoms with Crippen molar-refractivity contribution in [3.63, 3.8) is 0 Å². The first kappa shape index (κ1) is 24.2. The fourth-order valence-corrected chi connectivity index (χ4v) is 5.69. The Labute approximate surface area is 209 Å². The second-order valence-electron chi connectivity index (χ2n) is 10.3. The molecular weight excluding hydrogens is 438 g/mol. The molecule has 2 saturated heterocycles. The van der Waals surface area contributed by atoms with E-state index in [9.17, 15) is 4.79 Å². The quantitative estimate of drug-likeness (QED) is 0.635. The zero-order chi connectivity index (χ0) is 24.0. The molecule has 3 heterocycles. The molecule has 3 N–H and O–H groups in total. The van der Waals surface area contributed by atoms with E-state index < -0.39 is 0 Å². The Balaban J connectivity index is 1.18. The van der Waals surface area contributed by atoms with E-state index >= 15 is 0 Å².